The lowest BCUT2D eigenvalue weighted by Gasteiger charge is -2.33. The topological polar surface area (TPSA) is 96.6 Å². The van der Waals surface area contributed by atoms with E-state index in [1.54, 1.807) is 19.1 Å². The number of piperidine rings is 1. The quantitative estimate of drug-likeness (QED) is 0.691. The second-order valence-corrected chi connectivity index (χ2v) is 5.84. The molecule has 1 unspecified atom stereocenters. The average Bonchev–Trinajstić information content (AvgIpc) is 2.53. The van der Waals surface area contributed by atoms with E-state index in [0.29, 0.717) is 29.6 Å². The Labute approximate surface area is 132 Å². The van der Waals surface area contributed by atoms with Crippen LogP contribution in [0.2, 0.25) is 0 Å². The second kappa shape index (κ2) is 5.83. The average molecular weight is 315 g/mol. The van der Waals surface area contributed by atoms with E-state index in [0.717, 1.165) is 18.7 Å². The van der Waals surface area contributed by atoms with Gasteiger partial charge in [0, 0.05) is 35.9 Å². The SMILES string of the molecule is Cc1cc(N2CCCC(C(=O)O)C2)c2cccc([N+](=O)[O-])c2n1. The van der Waals surface area contributed by atoms with E-state index in [2.05, 4.69) is 4.98 Å². The Hall–Kier alpha value is -2.70. The molecule has 3 rings (SSSR count). The van der Waals surface area contributed by atoms with Crippen molar-refractivity contribution in [2.45, 2.75) is 19.8 Å². The minimum atomic E-state index is -0.796. The van der Waals surface area contributed by atoms with Crippen molar-refractivity contribution in [1.29, 1.82) is 0 Å². The zero-order valence-electron chi connectivity index (χ0n) is 12.7. The molecule has 0 bridgehead atoms. The van der Waals surface area contributed by atoms with E-state index in [1.165, 1.54) is 6.07 Å². The number of hydrogen-bond donors (Lipinski definition) is 1. The smallest absolute Gasteiger partial charge is 0.308 e. The van der Waals surface area contributed by atoms with Gasteiger partial charge >= 0.3 is 5.97 Å². The van der Waals surface area contributed by atoms with Gasteiger partial charge in [-0.25, -0.2) is 4.98 Å². The summed E-state index contributed by atoms with van der Waals surface area (Å²) in [6, 6.07) is 6.75. The number of benzene rings is 1. The van der Waals surface area contributed by atoms with Crippen molar-refractivity contribution in [3.05, 3.63) is 40.1 Å². The van der Waals surface area contributed by atoms with Gasteiger partial charge in [0.05, 0.1) is 10.8 Å². The third kappa shape index (κ3) is 2.81. The number of rotatable bonds is 3. The van der Waals surface area contributed by atoms with Crippen LogP contribution in [0.1, 0.15) is 18.5 Å². The van der Waals surface area contributed by atoms with Crippen molar-refractivity contribution in [2.24, 2.45) is 5.92 Å². The number of hydrogen-bond acceptors (Lipinski definition) is 5. The number of aromatic nitrogens is 1. The van der Waals surface area contributed by atoms with E-state index >= 15 is 0 Å². The van der Waals surface area contributed by atoms with Crippen LogP contribution in [-0.2, 0) is 4.79 Å². The Morgan fingerprint density at radius 3 is 2.96 bits per heavy atom. The van der Waals surface area contributed by atoms with Crippen LogP contribution in [0.4, 0.5) is 11.4 Å². The van der Waals surface area contributed by atoms with Crippen LogP contribution in [-0.4, -0.2) is 34.1 Å². The lowest BCUT2D eigenvalue weighted by molar-refractivity contribution is -0.383. The minimum absolute atomic E-state index is 0.0285. The van der Waals surface area contributed by atoms with Gasteiger partial charge in [-0.05, 0) is 25.8 Å². The first-order chi connectivity index (χ1) is 11.0. The number of fused-ring (bicyclic) bond motifs is 1. The van der Waals surface area contributed by atoms with Gasteiger partial charge in [-0.1, -0.05) is 12.1 Å². The van der Waals surface area contributed by atoms with E-state index in [-0.39, 0.29) is 5.69 Å². The van der Waals surface area contributed by atoms with Crippen LogP contribution >= 0.6 is 0 Å². The van der Waals surface area contributed by atoms with E-state index in [1.807, 2.05) is 11.0 Å². The third-order valence-corrected chi connectivity index (χ3v) is 4.23. The Bertz CT molecular complexity index is 790. The van der Waals surface area contributed by atoms with Crippen LogP contribution in [0.25, 0.3) is 10.9 Å². The van der Waals surface area contributed by atoms with Crippen LogP contribution in [0.5, 0.6) is 0 Å². The Balaban J connectivity index is 2.12. The summed E-state index contributed by atoms with van der Waals surface area (Å²) in [6.07, 6.45) is 1.45. The molecule has 1 aromatic heterocycles. The van der Waals surface area contributed by atoms with Crippen molar-refractivity contribution in [1.82, 2.24) is 4.98 Å². The summed E-state index contributed by atoms with van der Waals surface area (Å²) in [4.78, 5) is 28.4. The number of non-ortho nitro benzene ring substituents is 1. The maximum Gasteiger partial charge on any atom is 0.308 e. The summed E-state index contributed by atoms with van der Waals surface area (Å²) in [7, 11) is 0. The molecular weight excluding hydrogens is 298 g/mol. The normalized spacial score (nSPS) is 18.1. The number of carboxylic acids is 1. The third-order valence-electron chi connectivity index (χ3n) is 4.23. The Kier molecular flexibility index (Phi) is 3.85. The molecule has 1 aliphatic rings. The monoisotopic (exact) mass is 315 g/mol. The number of pyridine rings is 1. The zero-order chi connectivity index (χ0) is 16.6. The number of anilines is 1. The molecule has 23 heavy (non-hydrogen) atoms. The first kappa shape index (κ1) is 15.2. The van der Waals surface area contributed by atoms with Crippen LogP contribution in [0.15, 0.2) is 24.3 Å². The predicted octanol–water partition coefficient (Wildman–Crippen LogP) is 2.75. The number of aliphatic carboxylic acids is 1. The number of nitro groups is 1. The molecule has 0 amide bonds. The van der Waals surface area contributed by atoms with Crippen molar-refractivity contribution in [3.63, 3.8) is 0 Å². The van der Waals surface area contributed by atoms with Gasteiger partial charge in [-0.15, -0.1) is 0 Å². The summed E-state index contributed by atoms with van der Waals surface area (Å²) >= 11 is 0. The van der Waals surface area contributed by atoms with Gasteiger partial charge < -0.3 is 10.0 Å². The molecule has 1 fully saturated rings. The predicted molar refractivity (Wildman–Crippen MR) is 85.7 cm³/mol. The summed E-state index contributed by atoms with van der Waals surface area (Å²) in [6.45, 7) is 2.94. The lowest BCUT2D eigenvalue weighted by Crippen LogP contribution is -2.38. The first-order valence-electron chi connectivity index (χ1n) is 7.50. The van der Waals surface area contributed by atoms with Crippen LogP contribution in [0, 0.1) is 23.0 Å². The second-order valence-electron chi connectivity index (χ2n) is 5.84. The van der Waals surface area contributed by atoms with Gasteiger partial charge in [0.2, 0.25) is 0 Å². The number of aryl methyl sites for hydroxylation is 1. The number of para-hydroxylation sites is 1. The van der Waals surface area contributed by atoms with E-state index in [9.17, 15) is 20.0 Å². The molecule has 1 aromatic carbocycles. The largest absolute Gasteiger partial charge is 0.481 e. The standard InChI is InChI=1S/C16H17N3O4/c1-10-8-14(18-7-3-4-11(9-18)16(20)21)12-5-2-6-13(19(22)23)15(12)17-10/h2,5-6,8,11H,3-4,7,9H2,1H3,(H,20,21). The number of nitro benzene ring substituents is 1. The molecule has 1 N–H and O–H groups in total. The molecule has 0 spiro atoms. The fourth-order valence-electron chi connectivity index (χ4n) is 3.15. The summed E-state index contributed by atoms with van der Waals surface area (Å²) < 4.78 is 0. The lowest BCUT2D eigenvalue weighted by atomic mass is 9.97. The molecule has 1 atom stereocenters. The molecule has 0 saturated carbocycles. The first-order valence-corrected chi connectivity index (χ1v) is 7.50. The van der Waals surface area contributed by atoms with Crippen molar-refractivity contribution < 1.29 is 14.8 Å². The Morgan fingerprint density at radius 1 is 1.48 bits per heavy atom. The molecular formula is C16H17N3O4. The fraction of sp³-hybridized carbons (Fsp3) is 0.375. The molecule has 1 saturated heterocycles. The molecule has 0 aliphatic carbocycles. The zero-order valence-corrected chi connectivity index (χ0v) is 12.7. The highest BCUT2D eigenvalue weighted by atomic mass is 16.6. The number of nitrogens with zero attached hydrogens (tertiary/aromatic N) is 3. The maximum absolute atomic E-state index is 11.3. The number of carbonyl (C=O) groups is 1. The van der Waals surface area contributed by atoms with Crippen LogP contribution < -0.4 is 4.90 Å². The van der Waals surface area contributed by atoms with Crippen molar-refractivity contribution >= 4 is 28.2 Å². The maximum atomic E-state index is 11.3. The van der Waals surface area contributed by atoms with Crippen molar-refractivity contribution in [3.8, 4) is 0 Å². The summed E-state index contributed by atoms with van der Waals surface area (Å²) in [5, 5.41) is 21.2. The highest BCUT2D eigenvalue weighted by Gasteiger charge is 2.27. The highest BCUT2D eigenvalue weighted by Crippen LogP contribution is 2.34. The van der Waals surface area contributed by atoms with Gasteiger partial charge in [-0.2, -0.15) is 0 Å². The van der Waals surface area contributed by atoms with Crippen molar-refractivity contribution in [2.75, 3.05) is 18.0 Å². The molecule has 2 aromatic rings. The molecule has 1 aliphatic heterocycles. The highest BCUT2D eigenvalue weighted by molar-refractivity contribution is 5.97. The minimum Gasteiger partial charge on any atom is -0.481 e. The molecule has 2 heterocycles. The van der Waals surface area contributed by atoms with Gasteiger partial charge in [0.15, 0.2) is 5.52 Å². The molecule has 0 radical (unpaired) electrons. The van der Waals surface area contributed by atoms with Gasteiger partial charge in [-0.3, -0.25) is 14.9 Å². The summed E-state index contributed by atoms with van der Waals surface area (Å²) in [5.74, 6) is -1.21. The Morgan fingerprint density at radius 2 is 2.26 bits per heavy atom. The van der Waals surface area contributed by atoms with Crippen LogP contribution in [0.3, 0.4) is 0 Å². The fourth-order valence-corrected chi connectivity index (χ4v) is 3.15. The van der Waals surface area contributed by atoms with Gasteiger partial charge in [0.25, 0.3) is 5.69 Å². The molecule has 120 valence electrons. The number of carboxylic acid groups (broad SMARTS) is 1. The van der Waals surface area contributed by atoms with E-state index < -0.39 is 16.8 Å². The molecule has 7 heteroatoms. The van der Waals surface area contributed by atoms with Gasteiger partial charge in [0.1, 0.15) is 0 Å². The van der Waals surface area contributed by atoms with E-state index in [4.69, 9.17) is 0 Å². The summed E-state index contributed by atoms with van der Waals surface area (Å²) in [5.41, 5.74) is 1.82. The molecule has 7 nitrogen and oxygen atoms in total.